The lowest BCUT2D eigenvalue weighted by molar-refractivity contribution is -0.113. The molecule has 122 valence electrons. The molecule has 1 heterocycles. The molecule has 1 aliphatic rings. The molecule has 0 unspecified atom stereocenters. The van der Waals surface area contributed by atoms with Gasteiger partial charge >= 0.3 is 0 Å². The summed E-state index contributed by atoms with van der Waals surface area (Å²) in [5.41, 5.74) is 2.07. The van der Waals surface area contributed by atoms with Crippen LogP contribution >= 0.6 is 11.8 Å². The molecule has 4 nitrogen and oxygen atoms in total. The molecule has 0 bridgehead atoms. The van der Waals surface area contributed by atoms with Gasteiger partial charge in [-0.3, -0.25) is 10.1 Å². The lowest BCUT2D eigenvalue weighted by atomic mass is 9.95. The van der Waals surface area contributed by atoms with Gasteiger partial charge in [0.05, 0.1) is 16.8 Å². The highest BCUT2D eigenvalue weighted by molar-refractivity contribution is 8.00. The zero-order valence-electron chi connectivity index (χ0n) is 13.3. The quantitative estimate of drug-likeness (QED) is 0.631. The monoisotopic (exact) mass is 329 g/mol. The van der Waals surface area contributed by atoms with E-state index in [0.717, 1.165) is 29.6 Å². The number of imidazole rings is 1. The van der Waals surface area contributed by atoms with Crippen molar-refractivity contribution in [2.45, 2.75) is 38.1 Å². The van der Waals surface area contributed by atoms with Gasteiger partial charge in [0.15, 0.2) is 0 Å². The van der Waals surface area contributed by atoms with Crippen molar-refractivity contribution in [1.29, 1.82) is 0 Å². The SMILES string of the molecule is C=CCSCC(=O)Nc1nc2ccccc2n1C1CCCCC1. The van der Waals surface area contributed by atoms with Crippen LogP contribution in [0.15, 0.2) is 36.9 Å². The van der Waals surface area contributed by atoms with Crippen molar-refractivity contribution in [2.24, 2.45) is 0 Å². The predicted octanol–water partition coefficient (Wildman–Crippen LogP) is 4.40. The fraction of sp³-hybridized carbons (Fsp3) is 0.444. The van der Waals surface area contributed by atoms with Gasteiger partial charge in [0.25, 0.3) is 0 Å². The summed E-state index contributed by atoms with van der Waals surface area (Å²) in [6, 6.07) is 8.57. The van der Waals surface area contributed by atoms with E-state index < -0.39 is 0 Å². The molecule has 0 saturated heterocycles. The summed E-state index contributed by atoms with van der Waals surface area (Å²) in [5.74, 6) is 1.92. The molecule has 1 aliphatic carbocycles. The van der Waals surface area contributed by atoms with Crippen LogP contribution in [0.1, 0.15) is 38.1 Å². The molecule has 0 spiro atoms. The minimum absolute atomic E-state index is 0.00390. The molecular formula is C18H23N3OS. The minimum Gasteiger partial charge on any atom is -0.307 e. The number of thioether (sulfide) groups is 1. The van der Waals surface area contributed by atoms with Crippen LogP contribution in [0, 0.1) is 0 Å². The van der Waals surface area contributed by atoms with E-state index in [0.29, 0.717) is 17.7 Å². The van der Waals surface area contributed by atoms with Gasteiger partial charge in [-0.2, -0.15) is 0 Å². The molecule has 0 radical (unpaired) electrons. The van der Waals surface area contributed by atoms with Crippen molar-refractivity contribution in [1.82, 2.24) is 9.55 Å². The third-order valence-corrected chi connectivity index (χ3v) is 5.19. The number of carbonyl (C=O) groups is 1. The number of hydrogen-bond acceptors (Lipinski definition) is 3. The second kappa shape index (κ2) is 7.68. The summed E-state index contributed by atoms with van der Waals surface area (Å²) in [4.78, 5) is 16.8. The zero-order chi connectivity index (χ0) is 16.1. The number of rotatable bonds is 6. The Morgan fingerprint density at radius 3 is 2.91 bits per heavy atom. The standard InChI is InChI=1S/C18H23N3OS/c1-2-12-23-13-17(22)20-18-19-15-10-6-7-11-16(15)21(18)14-8-4-3-5-9-14/h2,6-7,10-11,14H,1,3-5,8-9,12-13H2,(H,19,20,22). The molecule has 5 heteroatoms. The summed E-state index contributed by atoms with van der Waals surface area (Å²) in [6.45, 7) is 3.68. The number of fused-ring (bicyclic) bond motifs is 1. The summed E-state index contributed by atoms with van der Waals surface area (Å²) in [6.07, 6.45) is 7.95. The van der Waals surface area contributed by atoms with E-state index in [9.17, 15) is 4.79 Å². The minimum atomic E-state index is 0.00390. The zero-order valence-corrected chi connectivity index (χ0v) is 14.1. The van der Waals surface area contributed by atoms with E-state index in [1.807, 2.05) is 24.3 Å². The van der Waals surface area contributed by atoms with Gasteiger partial charge < -0.3 is 4.57 Å². The Balaban J connectivity index is 1.86. The predicted molar refractivity (Wildman–Crippen MR) is 98.0 cm³/mol. The van der Waals surface area contributed by atoms with Gasteiger partial charge in [0.2, 0.25) is 11.9 Å². The number of amides is 1. The largest absolute Gasteiger partial charge is 0.307 e. The maximum atomic E-state index is 12.2. The van der Waals surface area contributed by atoms with E-state index in [-0.39, 0.29) is 5.91 Å². The highest BCUT2D eigenvalue weighted by Gasteiger charge is 2.22. The van der Waals surface area contributed by atoms with E-state index >= 15 is 0 Å². The number of nitrogens with zero attached hydrogens (tertiary/aromatic N) is 2. The van der Waals surface area contributed by atoms with E-state index in [2.05, 4.69) is 27.5 Å². The number of aromatic nitrogens is 2. The summed E-state index contributed by atoms with van der Waals surface area (Å²) in [5, 5.41) is 3.01. The molecule has 0 atom stereocenters. The van der Waals surface area contributed by atoms with E-state index in [4.69, 9.17) is 0 Å². The lowest BCUT2D eigenvalue weighted by Gasteiger charge is -2.25. The maximum Gasteiger partial charge on any atom is 0.236 e. The van der Waals surface area contributed by atoms with Gasteiger partial charge in [-0.05, 0) is 25.0 Å². The van der Waals surface area contributed by atoms with Crippen molar-refractivity contribution >= 4 is 34.7 Å². The number of nitrogens with one attached hydrogen (secondary N) is 1. The van der Waals surface area contributed by atoms with Crippen LogP contribution in [0.25, 0.3) is 11.0 Å². The van der Waals surface area contributed by atoms with Crippen LogP contribution in [0.5, 0.6) is 0 Å². The second-order valence-electron chi connectivity index (χ2n) is 5.94. The van der Waals surface area contributed by atoms with Crippen molar-refractivity contribution < 1.29 is 4.79 Å². The molecule has 1 amide bonds. The number of carbonyl (C=O) groups excluding carboxylic acids is 1. The Bertz CT molecular complexity index is 689. The summed E-state index contributed by atoms with van der Waals surface area (Å²) >= 11 is 1.56. The molecule has 1 saturated carbocycles. The van der Waals surface area contributed by atoms with Gasteiger partial charge in [0, 0.05) is 11.8 Å². The van der Waals surface area contributed by atoms with Crippen LogP contribution in [0.3, 0.4) is 0 Å². The molecule has 1 N–H and O–H groups in total. The number of para-hydroxylation sites is 2. The second-order valence-corrected chi connectivity index (χ2v) is 6.97. The van der Waals surface area contributed by atoms with Gasteiger partial charge in [0.1, 0.15) is 0 Å². The van der Waals surface area contributed by atoms with E-state index in [1.165, 1.54) is 19.3 Å². The molecule has 1 aromatic heterocycles. The summed E-state index contributed by atoms with van der Waals surface area (Å²) < 4.78 is 2.24. The first-order valence-corrected chi connectivity index (χ1v) is 9.40. The normalized spacial score (nSPS) is 15.7. The van der Waals surface area contributed by atoms with Crippen molar-refractivity contribution in [3.8, 4) is 0 Å². The van der Waals surface area contributed by atoms with Crippen LogP contribution in [0.2, 0.25) is 0 Å². The molecule has 3 rings (SSSR count). The van der Waals surface area contributed by atoms with Gasteiger partial charge in [-0.15, -0.1) is 18.3 Å². The maximum absolute atomic E-state index is 12.2. The lowest BCUT2D eigenvalue weighted by Crippen LogP contribution is -2.21. The average Bonchev–Trinajstić information content (AvgIpc) is 2.93. The Labute approximate surface area is 141 Å². The number of anilines is 1. The smallest absolute Gasteiger partial charge is 0.236 e. The van der Waals surface area contributed by atoms with Crippen LogP contribution in [-0.2, 0) is 4.79 Å². The molecule has 1 aromatic carbocycles. The van der Waals surface area contributed by atoms with Crippen LogP contribution in [0.4, 0.5) is 5.95 Å². The fourth-order valence-electron chi connectivity index (χ4n) is 3.24. The Morgan fingerprint density at radius 1 is 1.35 bits per heavy atom. The van der Waals surface area contributed by atoms with Crippen molar-refractivity contribution in [2.75, 3.05) is 16.8 Å². The van der Waals surface area contributed by atoms with Crippen molar-refractivity contribution in [3.05, 3.63) is 36.9 Å². The third kappa shape index (κ3) is 3.78. The molecule has 23 heavy (non-hydrogen) atoms. The Kier molecular flexibility index (Phi) is 5.39. The Hall–Kier alpha value is -1.75. The van der Waals surface area contributed by atoms with E-state index in [1.54, 1.807) is 11.8 Å². The molecule has 0 aliphatic heterocycles. The Morgan fingerprint density at radius 2 is 2.13 bits per heavy atom. The first kappa shape index (κ1) is 16.1. The first-order chi connectivity index (χ1) is 11.3. The van der Waals surface area contributed by atoms with Gasteiger partial charge in [-0.25, -0.2) is 4.98 Å². The average molecular weight is 329 g/mol. The van der Waals surface area contributed by atoms with Crippen molar-refractivity contribution in [3.63, 3.8) is 0 Å². The molecule has 1 fully saturated rings. The molecular weight excluding hydrogens is 306 g/mol. The fourth-order valence-corrected chi connectivity index (χ4v) is 3.78. The van der Waals surface area contributed by atoms with Gasteiger partial charge in [-0.1, -0.05) is 37.5 Å². The highest BCUT2D eigenvalue weighted by atomic mass is 32.2. The highest BCUT2D eigenvalue weighted by Crippen LogP contribution is 2.34. The summed E-state index contributed by atoms with van der Waals surface area (Å²) in [7, 11) is 0. The van der Waals surface area contributed by atoms with Crippen LogP contribution in [-0.4, -0.2) is 27.0 Å². The topological polar surface area (TPSA) is 46.9 Å². The first-order valence-electron chi connectivity index (χ1n) is 8.25. The third-order valence-electron chi connectivity index (χ3n) is 4.26. The number of hydrogen-bond donors (Lipinski definition) is 1. The molecule has 2 aromatic rings. The van der Waals surface area contributed by atoms with Crippen LogP contribution < -0.4 is 5.32 Å². The number of benzene rings is 1.